The highest BCUT2D eigenvalue weighted by Gasteiger charge is 2.23. The molecular weight excluding hydrogens is 665 g/mol. The summed E-state index contributed by atoms with van der Waals surface area (Å²) in [5.74, 6) is 0.912. The highest BCUT2D eigenvalue weighted by Crippen LogP contribution is 2.50. The van der Waals surface area contributed by atoms with Gasteiger partial charge in [0.25, 0.3) is 0 Å². The first kappa shape index (κ1) is 32.6. The van der Waals surface area contributed by atoms with Crippen LogP contribution in [0.25, 0.3) is 76.5 Å². The van der Waals surface area contributed by atoms with Gasteiger partial charge in [-0.25, -0.2) is 4.98 Å². The number of anilines is 3. The van der Waals surface area contributed by atoms with Gasteiger partial charge in [-0.3, -0.25) is 4.90 Å². The van der Waals surface area contributed by atoms with Crippen molar-refractivity contribution < 1.29 is 0 Å². The van der Waals surface area contributed by atoms with E-state index in [4.69, 9.17) is 4.98 Å². The van der Waals surface area contributed by atoms with E-state index in [2.05, 4.69) is 207 Å². The molecule has 0 fully saturated rings. The van der Waals surface area contributed by atoms with E-state index < -0.39 is 0 Å². The zero-order valence-corrected chi connectivity index (χ0v) is 30.9. The second kappa shape index (κ2) is 13.4. The summed E-state index contributed by atoms with van der Waals surface area (Å²) >= 11 is 0. The molecule has 0 amide bonds. The van der Waals surface area contributed by atoms with Gasteiger partial charge in [0.1, 0.15) is 5.82 Å². The number of aryl methyl sites for hydroxylation is 2. The molecule has 10 rings (SSSR count). The Kier molecular flexibility index (Phi) is 7.96. The third-order valence-electron chi connectivity index (χ3n) is 10.9. The third kappa shape index (κ3) is 5.62. The Labute approximate surface area is 321 Å². The Hall–Kier alpha value is -7.03. The van der Waals surface area contributed by atoms with Gasteiger partial charge in [0.2, 0.25) is 0 Å². The van der Waals surface area contributed by atoms with Crippen molar-refractivity contribution in [1.82, 2.24) is 4.98 Å². The van der Waals surface area contributed by atoms with Crippen LogP contribution in [0.3, 0.4) is 0 Å². The van der Waals surface area contributed by atoms with Crippen molar-refractivity contribution in [2.24, 2.45) is 0 Å². The normalized spacial score (nSPS) is 11.5. The lowest BCUT2D eigenvalue weighted by Gasteiger charge is -2.27. The van der Waals surface area contributed by atoms with Crippen LogP contribution in [0.1, 0.15) is 11.1 Å². The van der Waals surface area contributed by atoms with Crippen LogP contribution in [0.5, 0.6) is 0 Å². The average Bonchev–Trinajstić information content (AvgIpc) is 3.24. The van der Waals surface area contributed by atoms with Gasteiger partial charge < -0.3 is 0 Å². The van der Waals surface area contributed by atoms with E-state index in [-0.39, 0.29) is 0 Å². The van der Waals surface area contributed by atoms with Crippen molar-refractivity contribution in [3.8, 4) is 33.4 Å². The fraction of sp³-hybridized carbons (Fsp3) is 0.0377. The maximum Gasteiger partial charge on any atom is 0.145 e. The van der Waals surface area contributed by atoms with Gasteiger partial charge in [-0.2, -0.15) is 0 Å². The standard InChI is InChI=1S/C53H38N2/c1-35-30-36(2)32-42(31-35)55(53-43-23-13-12-20-39(43)28-29-54-53)41-26-27-46-49(33-41)44-24-14-15-25-45(44)51-48(38-18-8-4-9-19-38)34-47(37-16-6-3-7-17-37)50(52(46)51)40-21-10-5-11-22-40/h3-34H,1-2H3. The van der Waals surface area contributed by atoms with Crippen LogP contribution in [0.4, 0.5) is 17.2 Å². The zero-order chi connectivity index (χ0) is 36.9. The number of benzene rings is 9. The van der Waals surface area contributed by atoms with Crippen LogP contribution in [-0.4, -0.2) is 4.98 Å². The van der Waals surface area contributed by atoms with Crippen molar-refractivity contribution in [1.29, 1.82) is 0 Å². The topological polar surface area (TPSA) is 16.1 Å². The van der Waals surface area contributed by atoms with Crippen molar-refractivity contribution in [3.05, 3.63) is 205 Å². The fourth-order valence-electron chi connectivity index (χ4n) is 8.63. The summed E-state index contributed by atoms with van der Waals surface area (Å²) in [4.78, 5) is 7.42. The van der Waals surface area contributed by atoms with Crippen molar-refractivity contribution in [3.63, 3.8) is 0 Å². The number of rotatable bonds is 6. The summed E-state index contributed by atoms with van der Waals surface area (Å²) in [6, 6.07) is 68.5. The van der Waals surface area contributed by atoms with E-state index in [1.807, 2.05) is 6.20 Å². The molecule has 0 bridgehead atoms. The lowest BCUT2D eigenvalue weighted by molar-refractivity contribution is 1.19. The quantitative estimate of drug-likeness (QED) is 0.160. The van der Waals surface area contributed by atoms with Gasteiger partial charge in [-0.15, -0.1) is 0 Å². The molecule has 1 aromatic heterocycles. The molecule has 2 heteroatoms. The molecular formula is C53H38N2. The Morgan fingerprint density at radius 1 is 0.382 bits per heavy atom. The van der Waals surface area contributed by atoms with Gasteiger partial charge in [-0.05, 0) is 132 Å². The lowest BCUT2D eigenvalue weighted by Crippen LogP contribution is -2.12. The lowest BCUT2D eigenvalue weighted by atomic mass is 9.81. The highest BCUT2D eigenvalue weighted by atomic mass is 15.2. The number of nitrogens with zero attached hydrogens (tertiary/aromatic N) is 2. The second-order valence-electron chi connectivity index (χ2n) is 14.5. The number of fused-ring (bicyclic) bond motifs is 7. The van der Waals surface area contributed by atoms with Gasteiger partial charge in [-0.1, -0.05) is 152 Å². The molecule has 2 nitrogen and oxygen atoms in total. The first-order valence-corrected chi connectivity index (χ1v) is 19.0. The Morgan fingerprint density at radius 2 is 0.945 bits per heavy atom. The van der Waals surface area contributed by atoms with Gasteiger partial charge in [0.15, 0.2) is 0 Å². The second-order valence-corrected chi connectivity index (χ2v) is 14.5. The molecule has 10 aromatic rings. The third-order valence-corrected chi connectivity index (χ3v) is 10.9. The van der Waals surface area contributed by atoms with Crippen LogP contribution < -0.4 is 4.90 Å². The van der Waals surface area contributed by atoms with Crippen LogP contribution in [-0.2, 0) is 0 Å². The van der Waals surface area contributed by atoms with Crippen LogP contribution >= 0.6 is 0 Å². The summed E-state index contributed by atoms with van der Waals surface area (Å²) in [5, 5.41) is 9.68. The average molecular weight is 703 g/mol. The summed E-state index contributed by atoms with van der Waals surface area (Å²) in [7, 11) is 0. The summed E-state index contributed by atoms with van der Waals surface area (Å²) in [6.07, 6.45) is 1.93. The maximum atomic E-state index is 5.08. The molecule has 0 aliphatic carbocycles. The molecule has 1 heterocycles. The molecule has 0 spiro atoms. The molecule has 260 valence electrons. The predicted octanol–water partition coefficient (Wildman–Crippen LogP) is 14.8. The van der Waals surface area contributed by atoms with Crippen molar-refractivity contribution in [2.45, 2.75) is 13.8 Å². The molecule has 0 saturated carbocycles. The van der Waals surface area contributed by atoms with Gasteiger partial charge >= 0.3 is 0 Å². The minimum absolute atomic E-state index is 0.912. The molecule has 0 aliphatic rings. The number of hydrogen-bond donors (Lipinski definition) is 0. The molecule has 9 aromatic carbocycles. The fourth-order valence-corrected chi connectivity index (χ4v) is 8.63. The minimum Gasteiger partial charge on any atom is -0.295 e. The van der Waals surface area contributed by atoms with Crippen molar-refractivity contribution in [2.75, 3.05) is 4.90 Å². The van der Waals surface area contributed by atoms with E-state index in [0.717, 1.165) is 28.0 Å². The van der Waals surface area contributed by atoms with E-state index in [9.17, 15) is 0 Å². The van der Waals surface area contributed by atoms with Crippen LogP contribution in [0, 0.1) is 13.8 Å². The molecule has 0 N–H and O–H groups in total. The smallest absolute Gasteiger partial charge is 0.145 e. The largest absolute Gasteiger partial charge is 0.295 e. The summed E-state index contributed by atoms with van der Waals surface area (Å²) in [5.41, 5.74) is 11.9. The van der Waals surface area contributed by atoms with E-state index in [1.54, 1.807) is 0 Å². The Bertz CT molecular complexity index is 3020. The first-order valence-electron chi connectivity index (χ1n) is 19.0. The molecule has 0 radical (unpaired) electrons. The number of pyridine rings is 1. The molecule has 0 atom stereocenters. The van der Waals surface area contributed by atoms with Crippen LogP contribution in [0.15, 0.2) is 194 Å². The Balaban J connectivity index is 1.38. The zero-order valence-electron chi connectivity index (χ0n) is 30.9. The molecule has 0 unspecified atom stereocenters. The molecule has 0 saturated heterocycles. The van der Waals surface area contributed by atoms with E-state index in [0.29, 0.717) is 0 Å². The van der Waals surface area contributed by atoms with Gasteiger partial charge in [0, 0.05) is 23.0 Å². The van der Waals surface area contributed by atoms with Crippen LogP contribution in [0.2, 0.25) is 0 Å². The first-order chi connectivity index (χ1) is 27.1. The van der Waals surface area contributed by atoms with Gasteiger partial charge in [0.05, 0.1) is 0 Å². The number of hydrogen-bond acceptors (Lipinski definition) is 2. The van der Waals surface area contributed by atoms with E-state index >= 15 is 0 Å². The highest BCUT2D eigenvalue weighted by molar-refractivity contribution is 6.33. The van der Waals surface area contributed by atoms with E-state index in [1.165, 1.54) is 76.8 Å². The SMILES string of the molecule is Cc1cc(C)cc(N(c2ccc3c(c2)c2ccccc2c2c(-c4ccccc4)cc(-c4ccccc4)c(-c4ccccc4)c32)c2nccc3ccccc23)c1. The summed E-state index contributed by atoms with van der Waals surface area (Å²) in [6.45, 7) is 4.34. The molecule has 0 aliphatic heterocycles. The Morgan fingerprint density at radius 3 is 1.64 bits per heavy atom. The predicted molar refractivity (Wildman–Crippen MR) is 235 cm³/mol. The minimum atomic E-state index is 0.912. The number of aromatic nitrogens is 1. The van der Waals surface area contributed by atoms with Crippen molar-refractivity contribution >= 4 is 60.3 Å². The monoisotopic (exact) mass is 702 g/mol. The summed E-state index contributed by atoms with van der Waals surface area (Å²) < 4.78 is 0. The maximum absolute atomic E-state index is 5.08. The molecule has 55 heavy (non-hydrogen) atoms.